The highest BCUT2D eigenvalue weighted by Crippen LogP contribution is 2.45. The molecule has 2 unspecified atom stereocenters. The minimum atomic E-state index is -3.40. The van der Waals surface area contributed by atoms with Crippen molar-refractivity contribution in [3.05, 3.63) is 60.2 Å². The Balaban J connectivity index is 1.57. The van der Waals surface area contributed by atoms with Gasteiger partial charge in [-0.25, -0.2) is 17.9 Å². The summed E-state index contributed by atoms with van der Waals surface area (Å²) < 4.78 is 32.5. The number of carbonyl (C=O) groups excluding carboxylic acids is 1. The number of hydrogen-bond donors (Lipinski definition) is 1. The molecule has 1 amide bonds. The van der Waals surface area contributed by atoms with Crippen LogP contribution >= 0.6 is 0 Å². The molecular weight excluding hydrogens is 424 g/mol. The summed E-state index contributed by atoms with van der Waals surface area (Å²) in [6, 6.07) is 17.7. The van der Waals surface area contributed by atoms with Gasteiger partial charge in [0.15, 0.2) is 0 Å². The highest BCUT2D eigenvalue weighted by Gasteiger charge is 2.41. The van der Waals surface area contributed by atoms with E-state index in [1.54, 1.807) is 4.90 Å². The van der Waals surface area contributed by atoms with Gasteiger partial charge in [0.2, 0.25) is 10.0 Å². The molecule has 0 spiro atoms. The van der Waals surface area contributed by atoms with Crippen molar-refractivity contribution in [2.24, 2.45) is 5.41 Å². The summed E-state index contributed by atoms with van der Waals surface area (Å²) in [7, 11) is -3.40. The molecular formula is C25H32N2O4S. The molecule has 172 valence electrons. The maximum absolute atomic E-state index is 13.0. The zero-order chi connectivity index (χ0) is 22.8. The van der Waals surface area contributed by atoms with Crippen molar-refractivity contribution in [2.75, 3.05) is 19.4 Å². The number of rotatable bonds is 7. The van der Waals surface area contributed by atoms with E-state index in [1.807, 2.05) is 30.3 Å². The fraction of sp³-hybridized carbons (Fsp3) is 0.480. The molecule has 7 heteroatoms. The molecule has 1 N–H and O–H groups in total. The summed E-state index contributed by atoms with van der Waals surface area (Å²) in [5.74, 6) is 0. The lowest BCUT2D eigenvalue weighted by Crippen LogP contribution is -2.58. The lowest BCUT2D eigenvalue weighted by Gasteiger charge is -2.41. The van der Waals surface area contributed by atoms with E-state index in [0.717, 1.165) is 36.0 Å². The van der Waals surface area contributed by atoms with Crippen LogP contribution in [-0.4, -0.2) is 50.9 Å². The monoisotopic (exact) mass is 456 g/mol. The van der Waals surface area contributed by atoms with Gasteiger partial charge >= 0.3 is 6.09 Å². The first-order valence-electron chi connectivity index (χ1n) is 11.3. The van der Waals surface area contributed by atoms with Crippen molar-refractivity contribution in [2.45, 2.75) is 51.1 Å². The van der Waals surface area contributed by atoms with Gasteiger partial charge in [-0.05, 0) is 48.8 Å². The number of piperidine rings is 1. The Kier molecular flexibility index (Phi) is 6.58. The fourth-order valence-corrected chi connectivity index (χ4v) is 5.20. The maximum Gasteiger partial charge on any atom is 0.410 e. The van der Waals surface area contributed by atoms with Crippen LogP contribution in [0.25, 0.3) is 11.1 Å². The first kappa shape index (κ1) is 22.8. The Morgan fingerprint density at radius 1 is 1.12 bits per heavy atom. The van der Waals surface area contributed by atoms with Crippen LogP contribution in [0.1, 0.15) is 38.2 Å². The molecule has 1 aliphatic heterocycles. The molecule has 0 radical (unpaired) electrons. The molecule has 32 heavy (non-hydrogen) atoms. The summed E-state index contributed by atoms with van der Waals surface area (Å²) in [5.41, 5.74) is 3.39. The number of nitrogens with zero attached hydrogens (tertiary/aromatic N) is 1. The smallest absolute Gasteiger partial charge is 0.410 e. The van der Waals surface area contributed by atoms with Gasteiger partial charge in [-0.3, -0.25) is 0 Å². The van der Waals surface area contributed by atoms with Gasteiger partial charge in [0.1, 0.15) is 0 Å². The Morgan fingerprint density at radius 3 is 2.53 bits per heavy atom. The number of hydrogen-bond acceptors (Lipinski definition) is 4. The summed E-state index contributed by atoms with van der Waals surface area (Å²) in [6.45, 7) is 3.11. The van der Waals surface area contributed by atoms with Gasteiger partial charge in [0, 0.05) is 18.0 Å². The largest absolute Gasteiger partial charge is 0.449 e. The fourth-order valence-electron chi connectivity index (χ4n) is 4.38. The highest BCUT2D eigenvalue weighted by molar-refractivity contribution is 7.88. The zero-order valence-corrected chi connectivity index (χ0v) is 19.6. The average molecular weight is 457 g/mol. The zero-order valence-electron chi connectivity index (χ0n) is 18.8. The molecule has 0 aromatic heterocycles. The standard InChI is InChI=1S/C25H32N2O4S/c1-25(13-14-25)18-31-24(28)27-15-7-12-22(26-32(2,29)30)23(27)17-19-8-6-11-21(16-19)20-9-4-3-5-10-20/h3-6,8-11,16,22-23,26H,7,12-15,17-18H2,1-2H3. The molecule has 2 atom stereocenters. The highest BCUT2D eigenvalue weighted by atomic mass is 32.2. The van der Waals surface area contributed by atoms with E-state index < -0.39 is 10.0 Å². The number of benzene rings is 2. The van der Waals surface area contributed by atoms with Gasteiger partial charge in [-0.2, -0.15) is 0 Å². The van der Waals surface area contributed by atoms with Crippen molar-refractivity contribution in [3.63, 3.8) is 0 Å². The Labute approximate surface area is 191 Å². The maximum atomic E-state index is 13.0. The lowest BCUT2D eigenvalue weighted by molar-refractivity contribution is 0.0535. The SMILES string of the molecule is CC1(COC(=O)N2CCCC(NS(C)(=O)=O)C2Cc2cccc(-c3ccccc3)c2)CC1. The predicted octanol–water partition coefficient (Wildman–Crippen LogP) is 4.22. The van der Waals surface area contributed by atoms with E-state index in [2.05, 4.69) is 35.9 Å². The third-order valence-corrected chi connectivity index (χ3v) is 7.24. The molecule has 0 bridgehead atoms. The van der Waals surface area contributed by atoms with Crippen molar-refractivity contribution >= 4 is 16.1 Å². The summed E-state index contributed by atoms with van der Waals surface area (Å²) >= 11 is 0. The molecule has 1 saturated heterocycles. The van der Waals surface area contributed by atoms with Crippen molar-refractivity contribution < 1.29 is 17.9 Å². The first-order chi connectivity index (χ1) is 15.2. The number of likely N-dealkylation sites (tertiary alicyclic amines) is 1. The Morgan fingerprint density at radius 2 is 1.84 bits per heavy atom. The number of sulfonamides is 1. The van der Waals surface area contributed by atoms with Crippen molar-refractivity contribution in [1.82, 2.24) is 9.62 Å². The second kappa shape index (κ2) is 9.24. The normalized spacial score (nSPS) is 22.4. The topological polar surface area (TPSA) is 75.7 Å². The van der Waals surface area contributed by atoms with E-state index in [0.29, 0.717) is 26.0 Å². The first-order valence-corrected chi connectivity index (χ1v) is 13.2. The van der Waals surface area contributed by atoms with Crippen molar-refractivity contribution in [1.29, 1.82) is 0 Å². The lowest BCUT2D eigenvalue weighted by atomic mass is 9.90. The molecule has 1 heterocycles. The molecule has 1 saturated carbocycles. The van der Waals surface area contributed by atoms with Crippen LogP contribution in [0.3, 0.4) is 0 Å². The summed E-state index contributed by atoms with van der Waals surface area (Å²) in [5, 5.41) is 0. The van der Waals surface area contributed by atoms with Crippen LogP contribution in [0, 0.1) is 5.41 Å². The van der Waals surface area contributed by atoms with Crippen LogP contribution in [0.15, 0.2) is 54.6 Å². The molecule has 4 rings (SSSR count). The van der Waals surface area contributed by atoms with Crippen LogP contribution in [0.2, 0.25) is 0 Å². The Bertz CT molecular complexity index is 1050. The molecule has 1 aliphatic carbocycles. The van der Waals surface area contributed by atoms with Crippen LogP contribution in [0.4, 0.5) is 4.79 Å². The van der Waals surface area contributed by atoms with Gasteiger partial charge in [0.25, 0.3) is 0 Å². The predicted molar refractivity (Wildman–Crippen MR) is 126 cm³/mol. The van der Waals surface area contributed by atoms with Crippen LogP contribution < -0.4 is 4.72 Å². The second-order valence-electron chi connectivity index (χ2n) is 9.54. The van der Waals surface area contributed by atoms with Crippen molar-refractivity contribution in [3.8, 4) is 11.1 Å². The van der Waals surface area contributed by atoms with Gasteiger partial charge < -0.3 is 9.64 Å². The number of nitrogens with one attached hydrogen (secondary N) is 1. The molecule has 2 aromatic carbocycles. The van der Waals surface area contributed by atoms with E-state index in [9.17, 15) is 13.2 Å². The minimum absolute atomic E-state index is 0.107. The quantitative estimate of drug-likeness (QED) is 0.677. The number of carbonyl (C=O) groups is 1. The third kappa shape index (κ3) is 5.90. The number of ether oxygens (including phenoxy) is 1. The summed E-state index contributed by atoms with van der Waals surface area (Å²) in [6.07, 6.45) is 4.97. The van der Waals surface area contributed by atoms with E-state index >= 15 is 0 Å². The average Bonchev–Trinajstić information content (AvgIpc) is 3.50. The minimum Gasteiger partial charge on any atom is -0.449 e. The second-order valence-corrected chi connectivity index (χ2v) is 11.3. The molecule has 2 aliphatic rings. The van der Waals surface area contributed by atoms with Crippen LogP contribution in [-0.2, 0) is 21.2 Å². The van der Waals surface area contributed by atoms with Crippen LogP contribution in [0.5, 0.6) is 0 Å². The van der Waals surface area contributed by atoms with Gasteiger partial charge in [-0.15, -0.1) is 0 Å². The molecule has 2 aromatic rings. The molecule has 6 nitrogen and oxygen atoms in total. The molecule has 2 fully saturated rings. The summed E-state index contributed by atoms with van der Waals surface area (Å²) in [4.78, 5) is 14.7. The number of amides is 1. The van der Waals surface area contributed by atoms with Gasteiger partial charge in [-0.1, -0.05) is 61.5 Å². The Hall–Kier alpha value is -2.38. The third-order valence-electron chi connectivity index (χ3n) is 6.51. The van der Waals surface area contributed by atoms with E-state index in [-0.39, 0.29) is 23.6 Å². The van der Waals surface area contributed by atoms with E-state index in [1.165, 1.54) is 6.26 Å². The van der Waals surface area contributed by atoms with E-state index in [4.69, 9.17) is 4.74 Å². The van der Waals surface area contributed by atoms with Gasteiger partial charge in [0.05, 0.1) is 18.9 Å².